The van der Waals surface area contributed by atoms with Crippen LogP contribution in [0.5, 0.6) is 0 Å². The van der Waals surface area contributed by atoms with Crippen molar-refractivity contribution in [2.24, 2.45) is 0 Å². The Bertz CT molecular complexity index is 1200. The third-order valence-corrected chi connectivity index (χ3v) is 4.85. The Kier molecular flexibility index (Phi) is 6.89. The summed E-state index contributed by atoms with van der Waals surface area (Å²) in [4.78, 5) is 28.5. The first-order valence-electron chi connectivity index (χ1n) is 9.61. The van der Waals surface area contributed by atoms with Crippen molar-refractivity contribution in [3.05, 3.63) is 88.4 Å². The molecule has 1 aliphatic rings. The molecular weight excluding hydrogens is 408 g/mol. The molecule has 0 saturated heterocycles. The van der Waals surface area contributed by atoms with Gasteiger partial charge in [0.1, 0.15) is 0 Å². The maximum atomic E-state index is 12.6. The molecule has 8 nitrogen and oxygen atoms in total. The molecule has 0 aromatic heterocycles. The molecule has 3 rings (SSSR count). The number of carbonyl (C=O) groups excluding carboxylic acids is 2. The second-order valence-electron chi connectivity index (χ2n) is 6.86. The van der Waals surface area contributed by atoms with Gasteiger partial charge in [0.25, 0.3) is 0 Å². The Morgan fingerprint density at radius 2 is 1.81 bits per heavy atom. The van der Waals surface area contributed by atoms with Crippen molar-refractivity contribution in [1.29, 1.82) is 5.26 Å². The number of methoxy groups -OCH3 is 2. The topological polar surface area (TPSA) is 105 Å². The number of nitrogens with one attached hydrogen (secondary N) is 2. The highest BCUT2D eigenvalue weighted by Gasteiger charge is 2.32. The minimum atomic E-state index is -0.592. The van der Waals surface area contributed by atoms with E-state index >= 15 is 0 Å². The first-order valence-corrected chi connectivity index (χ1v) is 9.61. The number of hydrogen-bond donors (Lipinski definition) is 2. The lowest BCUT2D eigenvalue weighted by atomic mass is 9.90. The van der Waals surface area contributed by atoms with E-state index in [4.69, 9.17) is 21.3 Å². The molecule has 2 aromatic carbocycles. The van der Waals surface area contributed by atoms with Crippen molar-refractivity contribution in [2.45, 2.75) is 12.5 Å². The zero-order chi connectivity index (χ0) is 23.1. The van der Waals surface area contributed by atoms with Gasteiger partial charge in [0, 0.05) is 23.5 Å². The highest BCUT2D eigenvalue weighted by molar-refractivity contribution is 5.97. The number of nitrogens with zero attached hydrogens (tertiary/aromatic N) is 2. The zero-order valence-electron chi connectivity index (χ0n) is 17.5. The predicted molar refractivity (Wildman–Crippen MR) is 119 cm³/mol. The van der Waals surface area contributed by atoms with Gasteiger partial charge in [-0.05, 0) is 36.4 Å². The van der Waals surface area contributed by atoms with Crippen LogP contribution in [0.2, 0.25) is 0 Å². The molecule has 8 heteroatoms. The van der Waals surface area contributed by atoms with Crippen LogP contribution in [-0.2, 0) is 19.1 Å². The number of carbonyl (C=O) groups is 2. The molecule has 160 valence electrons. The number of nitriles is 1. The van der Waals surface area contributed by atoms with E-state index in [1.54, 1.807) is 48.5 Å². The van der Waals surface area contributed by atoms with E-state index in [0.717, 1.165) is 0 Å². The highest BCUT2D eigenvalue weighted by Crippen LogP contribution is 2.30. The van der Waals surface area contributed by atoms with E-state index in [1.165, 1.54) is 20.3 Å². The number of esters is 2. The number of allylic oxidation sites excluding steroid dienone is 1. The maximum absolute atomic E-state index is 12.6. The molecule has 0 aliphatic heterocycles. The van der Waals surface area contributed by atoms with Crippen molar-refractivity contribution >= 4 is 29.0 Å². The Balaban J connectivity index is 2.01. The van der Waals surface area contributed by atoms with E-state index in [2.05, 4.69) is 21.5 Å². The van der Waals surface area contributed by atoms with E-state index < -0.39 is 18.0 Å². The third kappa shape index (κ3) is 4.94. The SMILES string of the molecule is [C-]#[N+]c1cccc(NC2=C(C(=O)OC)CC(Nc3cccc(C#N)c3)C(C(=O)OC)=C2)c1. The van der Waals surface area contributed by atoms with Gasteiger partial charge in [0.15, 0.2) is 5.69 Å². The van der Waals surface area contributed by atoms with Crippen LogP contribution in [0.3, 0.4) is 0 Å². The normalized spacial score (nSPS) is 15.0. The van der Waals surface area contributed by atoms with Crippen molar-refractivity contribution in [3.63, 3.8) is 0 Å². The van der Waals surface area contributed by atoms with Gasteiger partial charge in [-0.2, -0.15) is 5.26 Å². The molecule has 2 N–H and O–H groups in total. The molecule has 0 fully saturated rings. The van der Waals surface area contributed by atoms with Crippen LogP contribution < -0.4 is 10.6 Å². The van der Waals surface area contributed by atoms with Gasteiger partial charge in [0.05, 0.1) is 49.6 Å². The van der Waals surface area contributed by atoms with Crippen molar-refractivity contribution in [1.82, 2.24) is 0 Å². The first kappa shape index (κ1) is 22.1. The molecule has 0 radical (unpaired) electrons. The van der Waals surface area contributed by atoms with Gasteiger partial charge in [-0.25, -0.2) is 14.4 Å². The lowest BCUT2D eigenvalue weighted by Crippen LogP contribution is -2.33. The largest absolute Gasteiger partial charge is 0.466 e. The van der Waals surface area contributed by atoms with E-state index in [1.807, 2.05) is 0 Å². The fourth-order valence-corrected chi connectivity index (χ4v) is 3.33. The van der Waals surface area contributed by atoms with Gasteiger partial charge in [-0.3, -0.25) is 0 Å². The van der Waals surface area contributed by atoms with Crippen LogP contribution >= 0.6 is 0 Å². The van der Waals surface area contributed by atoms with Crippen molar-refractivity contribution < 1.29 is 19.1 Å². The average Bonchev–Trinajstić information content (AvgIpc) is 2.83. The molecule has 0 bridgehead atoms. The molecular formula is C24H20N4O4. The van der Waals surface area contributed by atoms with Crippen LogP contribution in [0.15, 0.2) is 71.5 Å². The summed E-state index contributed by atoms with van der Waals surface area (Å²) in [6, 6.07) is 15.1. The maximum Gasteiger partial charge on any atom is 0.335 e. The molecule has 1 atom stereocenters. The molecule has 1 aliphatic carbocycles. The number of benzene rings is 2. The molecule has 2 aromatic rings. The molecule has 0 heterocycles. The van der Waals surface area contributed by atoms with Gasteiger partial charge < -0.3 is 20.1 Å². The second-order valence-corrected chi connectivity index (χ2v) is 6.86. The van der Waals surface area contributed by atoms with Crippen LogP contribution in [0.4, 0.5) is 17.1 Å². The van der Waals surface area contributed by atoms with Crippen molar-refractivity contribution in [2.75, 3.05) is 24.9 Å². The number of rotatable bonds is 6. The number of ether oxygens (including phenoxy) is 2. The van der Waals surface area contributed by atoms with Crippen LogP contribution in [0, 0.1) is 17.9 Å². The summed E-state index contributed by atoms with van der Waals surface area (Å²) in [5, 5.41) is 15.5. The Labute approximate surface area is 185 Å². The molecule has 0 spiro atoms. The van der Waals surface area contributed by atoms with E-state index in [0.29, 0.717) is 39.5 Å². The fraction of sp³-hybridized carbons (Fsp3) is 0.167. The molecule has 1 unspecified atom stereocenters. The number of anilines is 2. The Morgan fingerprint density at radius 3 is 2.50 bits per heavy atom. The molecule has 0 saturated carbocycles. The quantitative estimate of drug-likeness (QED) is 0.530. The van der Waals surface area contributed by atoms with Gasteiger partial charge in [-0.15, -0.1) is 0 Å². The summed E-state index contributed by atoms with van der Waals surface area (Å²) in [7, 11) is 2.56. The smallest absolute Gasteiger partial charge is 0.335 e. The zero-order valence-corrected chi connectivity index (χ0v) is 17.5. The summed E-state index contributed by atoms with van der Waals surface area (Å²) in [6.07, 6.45) is 1.67. The minimum Gasteiger partial charge on any atom is -0.466 e. The standard InChI is InChI=1S/C24H20N4O4/c1-26-16-7-5-9-18(11-16)28-22-13-19(23(29)31-2)21(12-20(22)24(30)32-3)27-17-8-4-6-15(10-17)14-25/h4-11,13,21,27-28H,12H2,2-3H3. The summed E-state index contributed by atoms with van der Waals surface area (Å²) >= 11 is 0. The Morgan fingerprint density at radius 1 is 1.09 bits per heavy atom. The fourth-order valence-electron chi connectivity index (χ4n) is 3.33. The third-order valence-electron chi connectivity index (χ3n) is 4.85. The lowest BCUT2D eigenvalue weighted by molar-refractivity contribution is -0.138. The minimum absolute atomic E-state index is 0.134. The van der Waals surface area contributed by atoms with E-state index in [9.17, 15) is 9.59 Å². The van der Waals surface area contributed by atoms with Crippen LogP contribution in [-0.4, -0.2) is 32.2 Å². The highest BCUT2D eigenvalue weighted by atomic mass is 16.5. The molecule has 0 amide bonds. The second kappa shape index (κ2) is 9.96. The van der Waals surface area contributed by atoms with Crippen molar-refractivity contribution in [3.8, 4) is 6.07 Å². The van der Waals surface area contributed by atoms with Gasteiger partial charge >= 0.3 is 11.9 Å². The summed E-state index contributed by atoms with van der Waals surface area (Å²) in [5.74, 6) is -1.11. The predicted octanol–water partition coefficient (Wildman–Crippen LogP) is 3.93. The van der Waals surface area contributed by atoms with Gasteiger partial charge in [-0.1, -0.05) is 18.2 Å². The number of hydrogen-bond acceptors (Lipinski definition) is 7. The van der Waals surface area contributed by atoms with Gasteiger partial charge in [0.2, 0.25) is 0 Å². The van der Waals surface area contributed by atoms with E-state index in [-0.39, 0.29) is 6.42 Å². The summed E-state index contributed by atoms with van der Waals surface area (Å²) in [6.45, 7) is 7.18. The first-order chi connectivity index (χ1) is 15.5. The lowest BCUT2D eigenvalue weighted by Gasteiger charge is -2.28. The van der Waals surface area contributed by atoms with Crippen LogP contribution in [0.25, 0.3) is 4.85 Å². The monoisotopic (exact) mass is 428 g/mol. The van der Waals surface area contributed by atoms with Crippen LogP contribution in [0.1, 0.15) is 12.0 Å². The molecule has 32 heavy (non-hydrogen) atoms. The summed E-state index contributed by atoms with van der Waals surface area (Å²) in [5.41, 5.74) is 3.09. The average molecular weight is 428 g/mol. The summed E-state index contributed by atoms with van der Waals surface area (Å²) < 4.78 is 9.91. The Hall–Kier alpha value is -4.56.